The number of rotatable bonds is 6. The summed E-state index contributed by atoms with van der Waals surface area (Å²) in [7, 11) is 1.74. The smallest absolute Gasteiger partial charge is 0.239 e. The fraction of sp³-hybridized carbons (Fsp3) is 0.545. The number of likely N-dealkylation sites (N-methyl/N-ethyl adjacent to an activating group) is 1. The molecule has 1 rings (SSSR count). The molecule has 94 valence electrons. The van der Waals surface area contributed by atoms with Crippen LogP contribution in [0, 0.1) is 0 Å². The Morgan fingerprint density at radius 3 is 2.76 bits per heavy atom. The van der Waals surface area contributed by atoms with E-state index in [-0.39, 0.29) is 19.0 Å². The van der Waals surface area contributed by atoms with E-state index in [4.69, 9.17) is 0 Å². The molecular weight excluding hydrogens is 220 g/mol. The minimum atomic E-state index is -0.489. The summed E-state index contributed by atoms with van der Waals surface area (Å²) < 4.78 is 0. The van der Waals surface area contributed by atoms with E-state index in [1.54, 1.807) is 30.4 Å². The zero-order valence-electron chi connectivity index (χ0n) is 10.1. The van der Waals surface area contributed by atoms with E-state index >= 15 is 0 Å². The summed E-state index contributed by atoms with van der Waals surface area (Å²) in [6, 6.07) is 1.72. The number of aliphatic hydroxyl groups is 1. The number of nitrogens with zero attached hydrogens (tertiary/aromatic N) is 3. The van der Waals surface area contributed by atoms with E-state index in [2.05, 4.69) is 15.3 Å². The van der Waals surface area contributed by atoms with Gasteiger partial charge in [0.05, 0.1) is 12.6 Å². The standard InChI is InChI=1S/C11H18N4O2/c1-3-9(16)7-14-10(17)8-15(2)11-12-5-4-6-13-11/h4-6,9,16H,3,7-8H2,1-2H3,(H,14,17). The van der Waals surface area contributed by atoms with E-state index in [1.165, 1.54) is 0 Å². The van der Waals surface area contributed by atoms with Gasteiger partial charge in [0.25, 0.3) is 0 Å². The van der Waals surface area contributed by atoms with Crippen molar-refractivity contribution < 1.29 is 9.90 Å². The molecule has 1 aromatic rings. The highest BCUT2D eigenvalue weighted by Crippen LogP contribution is 2.00. The van der Waals surface area contributed by atoms with Crippen LogP contribution in [-0.4, -0.2) is 47.2 Å². The van der Waals surface area contributed by atoms with Crippen molar-refractivity contribution in [2.24, 2.45) is 0 Å². The van der Waals surface area contributed by atoms with Crippen molar-refractivity contribution in [2.45, 2.75) is 19.4 Å². The highest BCUT2D eigenvalue weighted by atomic mass is 16.3. The van der Waals surface area contributed by atoms with Gasteiger partial charge < -0.3 is 15.3 Å². The van der Waals surface area contributed by atoms with Crippen molar-refractivity contribution >= 4 is 11.9 Å². The molecule has 6 nitrogen and oxygen atoms in total. The lowest BCUT2D eigenvalue weighted by Crippen LogP contribution is -2.39. The van der Waals surface area contributed by atoms with Gasteiger partial charge in [0.1, 0.15) is 0 Å². The molecule has 1 atom stereocenters. The molecule has 17 heavy (non-hydrogen) atoms. The van der Waals surface area contributed by atoms with Gasteiger partial charge in [0.2, 0.25) is 11.9 Å². The quantitative estimate of drug-likeness (QED) is 0.717. The fourth-order valence-corrected chi connectivity index (χ4v) is 1.21. The predicted molar refractivity (Wildman–Crippen MR) is 64.6 cm³/mol. The maximum absolute atomic E-state index is 11.5. The first-order valence-corrected chi connectivity index (χ1v) is 5.56. The molecule has 6 heteroatoms. The third-order valence-electron chi connectivity index (χ3n) is 2.28. The third-order valence-corrected chi connectivity index (χ3v) is 2.28. The van der Waals surface area contributed by atoms with Gasteiger partial charge >= 0.3 is 0 Å². The number of hydrogen-bond donors (Lipinski definition) is 2. The van der Waals surface area contributed by atoms with Crippen LogP contribution in [0.2, 0.25) is 0 Å². The molecule has 1 heterocycles. The molecular formula is C11H18N4O2. The summed E-state index contributed by atoms with van der Waals surface area (Å²) in [5.41, 5.74) is 0. The van der Waals surface area contributed by atoms with Gasteiger partial charge in [-0.3, -0.25) is 4.79 Å². The lowest BCUT2D eigenvalue weighted by atomic mass is 10.3. The molecule has 0 aliphatic carbocycles. The summed E-state index contributed by atoms with van der Waals surface area (Å²) >= 11 is 0. The van der Waals surface area contributed by atoms with Crippen LogP contribution >= 0.6 is 0 Å². The van der Waals surface area contributed by atoms with Gasteiger partial charge in [-0.15, -0.1) is 0 Å². The van der Waals surface area contributed by atoms with Gasteiger partial charge in [0.15, 0.2) is 0 Å². The third kappa shape index (κ3) is 4.78. The second-order valence-corrected chi connectivity index (χ2v) is 3.77. The van der Waals surface area contributed by atoms with Crippen molar-refractivity contribution in [1.29, 1.82) is 0 Å². The highest BCUT2D eigenvalue weighted by molar-refractivity contribution is 5.80. The van der Waals surface area contributed by atoms with Crippen molar-refractivity contribution in [3.8, 4) is 0 Å². The van der Waals surface area contributed by atoms with E-state index in [9.17, 15) is 9.90 Å². The number of nitrogens with one attached hydrogen (secondary N) is 1. The average Bonchev–Trinajstić information content (AvgIpc) is 2.36. The second-order valence-electron chi connectivity index (χ2n) is 3.77. The van der Waals surface area contributed by atoms with Gasteiger partial charge in [-0.1, -0.05) is 6.92 Å². The minimum Gasteiger partial charge on any atom is -0.391 e. The number of carbonyl (C=O) groups excluding carboxylic acids is 1. The number of amides is 1. The molecule has 2 N–H and O–H groups in total. The Balaban J connectivity index is 2.36. The summed E-state index contributed by atoms with van der Waals surface area (Å²) in [5.74, 6) is 0.339. The maximum Gasteiger partial charge on any atom is 0.239 e. The van der Waals surface area contributed by atoms with Crippen molar-refractivity contribution in [3.05, 3.63) is 18.5 Å². The first kappa shape index (κ1) is 13.4. The molecule has 0 saturated heterocycles. The Bertz CT molecular complexity index is 345. The second kappa shape index (κ2) is 6.80. The largest absolute Gasteiger partial charge is 0.391 e. The Labute approximate surface area is 101 Å². The highest BCUT2D eigenvalue weighted by Gasteiger charge is 2.10. The van der Waals surface area contributed by atoms with Crippen LogP contribution in [0.25, 0.3) is 0 Å². The number of hydrogen-bond acceptors (Lipinski definition) is 5. The monoisotopic (exact) mass is 238 g/mol. The SMILES string of the molecule is CCC(O)CNC(=O)CN(C)c1ncccn1. The Morgan fingerprint density at radius 1 is 1.53 bits per heavy atom. The summed E-state index contributed by atoms with van der Waals surface area (Å²) in [4.78, 5) is 21.2. The molecule has 1 amide bonds. The van der Waals surface area contributed by atoms with Crippen LogP contribution < -0.4 is 10.2 Å². The van der Waals surface area contributed by atoms with Gasteiger partial charge in [-0.25, -0.2) is 9.97 Å². The molecule has 0 fully saturated rings. The van der Waals surface area contributed by atoms with Crippen LogP contribution in [0.4, 0.5) is 5.95 Å². The average molecular weight is 238 g/mol. The summed E-state index contributed by atoms with van der Waals surface area (Å²) in [6.07, 6.45) is 3.38. The lowest BCUT2D eigenvalue weighted by Gasteiger charge is -2.16. The molecule has 0 aliphatic rings. The maximum atomic E-state index is 11.5. The van der Waals surface area contributed by atoms with Crippen molar-refractivity contribution in [1.82, 2.24) is 15.3 Å². The molecule has 1 aromatic heterocycles. The van der Waals surface area contributed by atoms with Crippen LogP contribution in [0.5, 0.6) is 0 Å². The molecule has 0 aliphatic heterocycles. The lowest BCUT2D eigenvalue weighted by molar-refractivity contribution is -0.120. The van der Waals surface area contributed by atoms with E-state index < -0.39 is 6.10 Å². The first-order valence-electron chi connectivity index (χ1n) is 5.56. The zero-order chi connectivity index (χ0) is 12.7. The van der Waals surface area contributed by atoms with Crippen LogP contribution in [0.3, 0.4) is 0 Å². The molecule has 1 unspecified atom stereocenters. The molecule has 0 saturated carbocycles. The Hall–Kier alpha value is -1.69. The van der Waals surface area contributed by atoms with E-state index in [0.29, 0.717) is 12.4 Å². The van der Waals surface area contributed by atoms with Crippen LogP contribution in [-0.2, 0) is 4.79 Å². The first-order chi connectivity index (χ1) is 8.13. The molecule has 0 bridgehead atoms. The van der Waals surface area contributed by atoms with E-state index in [0.717, 1.165) is 0 Å². The van der Waals surface area contributed by atoms with Gasteiger partial charge in [-0.05, 0) is 12.5 Å². The van der Waals surface area contributed by atoms with Crippen molar-refractivity contribution in [2.75, 3.05) is 25.0 Å². The van der Waals surface area contributed by atoms with Crippen LogP contribution in [0.15, 0.2) is 18.5 Å². The Morgan fingerprint density at radius 2 is 2.18 bits per heavy atom. The summed E-state index contributed by atoms with van der Waals surface area (Å²) in [6.45, 7) is 2.31. The summed E-state index contributed by atoms with van der Waals surface area (Å²) in [5, 5.41) is 12.0. The van der Waals surface area contributed by atoms with Crippen LogP contribution in [0.1, 0.15) is 13.3 Å². The molecule has 0 radical (unpaired) electrons. The minimum absolute atomic E-state index is 0.160. The Kier molecular flexibility index (Phi) is 5.35. The number of anilines is 1. The normalized spacial score (nSPS) is 11.9. The van der Waals surface area contributed by atoms with Crippen molar-refractivity contribution in [3.63, 3.8) is 0 Å². The predicted octanol–water partition coefficient (Wildman–Crippen LogP) is -0.200. The molecule has 0 spiro atoms. The molecule has 0 aromatic carbocycles. The van der Waals surface area contributed by atoms with Gasteiger partial charge in [-0.2, -0.15) is 0 Å². The zero-order valence-corrected chi connectivity index (χ0v) is 10.1. The number of carbonyl (C=O) groups is 1. The topological polar surface area (TPSA) is 78.4 Å². The van der Waals surface area contributed by atoms with Gasteiger partial charge in [0, 0.05) is 26.0 Å². The number of aromatic nitrogens is 2. The van der Waals surface area contributed by atoms with E-state index in [1.807, 2.05) is 6.92 Å². The fourth-order valence-electron chi connectivity index (χ4n) is 1.21. The number of aliphatic hydroxyl groups excluding tert-OH is 1.